The summed E-state index contributed by atoms with van der Waals surface area (Å²) < 4.78 is 55.5. The van der Waals surface area contributed by atoms with Gasteiger partial charge in [-0.05, 0) is 68.3 Å². The van der Waals surface area contributed by atoms with Gasteiger partial charge in [-0.15, -0.1) is 13.2 Å². The number of rotatable bonds is 8. The maximum atomic E-state index is 13.0. The molecular weight excluding hydrogens is 500 g/mol. The molecule has 3 aliphatic rings. The Hall–Kier alpha value is -3.02. The monoisotopic (exact) mass is 528 g/mol. The van der Waals surface area contributed by atoms with E-state index in [4.69, 9.17) is 9.26 Å². The molecule has 3 atom stereocenters. The normalized spacial score (nSPS) is 23.1. The predicted molar refractivity (Wildman–Crippen MR) is 134 cm³/mol. The van der Waals surface area contributed by atoms with Gasteiger partial charge < -0.3 is 28.9 Å². The van der Waals surface area contributed by atoms with Crippen molar-refractivity contribution < 1.29 is 37.2 Å². The number of nitrogens with zero attached hydrogens (tertiary/aromatic N) is 2. The van der Waals surface area contributed by atoms with Gasteiger partial charge in [0.1, 0.15) is 17.2 Å². The van der Waals surface area contributed by atoms with Gasteiger partial charge in [-0.1, -0.05) is 29.4 Å². The number of para-hydroxylation sites is 1. The third-order valence-corrected chi connectivity index (χ3v) is 7.78. The van der Waals surface area contributed by atoms with Gasteiger partial charge in [0, 0.05) is 34.8 Å². The van der Waals surface area contributed by atoms with Crippen LogP contribution < -0.4 is 15.1 Å². The van der Waals surface area contributed by atoms with Gasteiger partial charge in [0.05, 0.1) is 12.7 Å². The molecule has 1 aliphatic carbocycles. The van der Waals surface area contributed by atoms with Crippen LogP contribution in [0.4, 0.5) is 18.9 Å². The van der Waals surface area contributed by atoms with E-state index in [0.717, 1.165) is 44.2 Å². The summed E-state index contributed by atoms with van der Waals surface area (Å²) in [6.07, 6.45) is 0.835. The Bertz CT molecular complexity index is 1260. The molecule has 2 aromatic carbocycles. The van der Waals surface area contributed by atoms with E-state index in [-0.39, 0.29) is 29.9 Å². The molecule has 7 nitrogen and oxygen atoms in total. The Kier molecular flexibility index (Phi) is 6.61. The number of halogens is 3. The molecule has 3 heterocycles. The molecule has 11 heteroatoms. The standard InChI is InChI=1S/C27H28BF3N2O5/c29-27(30,31)37-24-4-2-1-3-22(24)25-23(26(38-32-25)16-5-6-16)15-36-21-13-19-11-12-20(14-21)33(19)18-9-7-17(8-10-18)28(34)35/h1-4,7-10,16,19-21,34-35H,5-6,11-15H2/t19-,20+,21+. The molecular formula is C27H28BF3N2O5. The quantitative estimate of drug-likeness (QED) is 0.416. The van der Waals surface area contributed by atoms with E-state index in [1.807, 2.05) is 12.1 Å². The fourth-order valence-corrected chi connectivity index (χ4v) is 5.92. The van der Waals surface area contributed by atoms with Crippen molar-refractivity contribution in [3.63, 3.8) is 0 Å². The third kappa shape index (κ3) is 5.15. The molecule has 1 aromatic heterocycles. The van der Waals surface area contributed by atoms with Crippen molar-refractivity contribution in [2.75, 3.05) is 4.90 Å². The zero-order chi connectivity index (χ0) is 26.4. The first-order chi connectivity index (χ1) is 18.3. The van der Waals surface area contributed by atoms with E-state index in [0.29, 0.717) is 34.6 Å². The van der Waals surface area contributed by atoms with Crippen LogP contribution in [0.15, 0.2) is 53.1 Å². The second-order valence-electron chi connectivity index (χ2n) is 10.4. The molecule has 3 aromatic rings. The van der Waals surface area contributed by atoms with Gasteiger partial charge >= 0.3 is 13.5 Å². The lowest BCUT2D eigenvalue weighted by Gasteiger charge is -2.40. The van der Waals surface area contributed by atoms with Crippen molar-refractivity contribution in [3.05, 3.63) is 59.9 Å². The molecule has 38 heavy (non-hydrogen) atoms. The highest BCUT2D eigenvalue weighted by Crippen LogP contribution is 2.46. The molecule has 0 radical (unpaired) electrons. The Balaban J connectivity index is 1.19. The average Bonchev–Trinajstić information content (AvgIpc) is 3.58. The first-order valence-corrected chi connectivity index (χ1v) is 13.0. The molecule has 0 spiro atoms. The molecule has 0 amide bonds. The highest BCUT2D eigenvalue weighted by Gasteiger charge is 2.42. The molecule has 1 saturated carbocycles. The molecule has 3 fully saturated rings. The largest absolute Gasteiger partial charge is 0.573 e. The van der Waals surface area contributed by atoms with Gasteiger partial charge in [0.2, 0.25) is 0 Å². The van der Waals surface area contributed by atoms with Crippen molar-refractivity contribution in [2.45, 2.75) is 75.6 Å². The molecule has 2 aliphatic heterocycles. The highest BCUT2D eigenvalue weighted by atomic mass is 19.4. The maximum absolute atomic E-state index is 13.0. The summed E-state index contributed by atoms with van der Waals surface area (Å²) in [6, 6.07) is 13.9. The van der Waals surface area contributed by atoms with Gasteiger partial charge in [-0.25, -0.2) is 0 Å². The Labute approximate surface area is 218 Å². The number of hydrogen-bond acceptors (Lipinski definition) is 7. The van der Waals surface area contributed by atoms with Crippen LogP contribution in [0.3, 0.4) is 0 Å². The number of hydrogen-bond donors (Lipinski definition) is 2. The smallest absolute Gasteiger partial charge is 0.423 e. The average molecular weight is 528 g/mol. The molecule has 0 unspecified atom stereocenters. The number of benzene rings is 2. The topological polar surface area (TPSA) is 88.2 Å². The minimum absolute atomic E-state index is 0.00115. The van der Waals surface area contributed by atoms with Crippen molar-refractivity contribution in [3.8, 4) is 17.0 Å². The predicted octanol–water partition coefficient (Wildman–Crippen LogP) is 4.51. The SMILES string of the molecule is OB(O)c1ccc(N2[C@@H]3CC[C@H]2C[C@@H](OCc2c(-c4ccccc4OC(F)(F)F)noc2C2CC2)C3)cc1. The zero-order valence-electron chi connectivity index (χ0n) is 20.6. The summed E-state index contributed by atoms with van der Waals surface area (Å²) in [4.78, 5) is 2.40. The first kappa shape index (κ1) is 25.3. The van der Waals surface area contributed by atoms with E-state index in [9.17, 15) is 23.2 Å². The first-order valence-electron chi connectivity index (χ1n) is 13.0. The van der Waals surface area contributed by atoms with Crippen LogP contribution in [0, 0.1) is 0 Å². The summed E-state index contributed by atoms with van der Waals surface area (Å²) in [5, 5.41) is 22.9. The lowest BCUT2D eigenvalue weighted by atomic mass is 9.80. The Morgan fingerprint density at radius 1 is 0.974 bits per heavy atom. The Morgan fingerprint density at radius 2 is 1.66 bits per heavy atom. The van der Waals surface area contributed by atoms with Crippen molar-refractivity contribution in [1.29, 1.82) is 0 Å². The highest BCUT2D eigenvalue weighted by molar-refractivity contribution is 6.58. The van der Waals surface area contributed by atoms with Crippen LogP contribution >= 0.6 is 0 Å². The number of ether oxygens (including phenoxy) is 2. The number of aromatic nitrogens is 1. The summed E-state index contributed by atoms with van der Waals surface area (Å²) >= 11 is 0. The maximum Gasteiger partial charge on any atom is 0.573 e. The summed E-state index contributed by atoms with van der Waals surface area (Å²) in [5.74, 6) is 0.584. The minimum Gasteiger partial charge on any atom is -0.423 e. The van der Waals surface area contributed by atoms with E-state index < -0.39 is 13.5 Å². The summed E-state index contributed by atoms with van der Waals surface area (Å²) in [5.41, 5.74) is 2.76. The minimum atomic E-state index is -4.82. The van der Waals surface area contributed by atoms with Gasteiger partial charge in [0.15, 0.2) is 0 Å². The lowest BCUT2D eigenvalue weighted by Crippen LogP contribution is -2.45. The van der Waals surface area contributed by atoms with Crippen molar-refractivity contribution in [2.24, 2.45) is 0 Å². The van der Waals surface area contributed by atoms with Crippen LogP contribution in [0.5, 0.6) is 5.75 Å². The van der Waals surface area contributed by atoms with Gasteiger partial charge in [-0.2, -0.15) is 0 Å². The Morgan fingerprint density at radius 3 is 2.29 bits per heavy atom. The van der Waals surface area contributed by atoms with E-state index in [1.54, 1.807) is 24.3 Å². The van der Waals surface area contributed by atoms with Crippen LogP contribution in [0.1, 0.15) is 55.8 Å². The van der Waals surface area contributed by atoms with E-state index >= 15 is 0 Å². The molecule has 6 rings (SSSR count). The second kappa shape index (κ2) is 9.94. The van der Waals surface area contributed by atoms with Crippen molar-refractivity contribution in [1.82, 2.24) is 5.16 Å². The fraction of sp³-hybridized carbons (Fsp3) is 0.444. The number of piperidine rings is 1. The summed E-state index contributed by atoms with van der Waals surface area (Å²) in [6.45, 7) is 0.207. The van der Waals surface area contributed by atoms with Crippen molar-refractivity contribution >= 4 is 18.3 Å². The van der Waals surface area contributed by atoms with Crippen LogP contribution in [-0.2, 0) is 11.3 Å². The molecule has 2 bridgehead atoms. The number of alkyl halides is 3. The van der Waals surface area contributed by atoms with Crippen LogP contribution in [-0.4, -0.2) is 46.9 Å². The lowest BCUT2D eigenvalue weighted by molar-refractivity contribution is -0.274. The van der Waals surface area contributed by atoms with Gasteiger partial charge in [0.25, 0.3) is 0 Å². The van der Waals surface area contributed by atoms with Gasteiger partial charge in [-0.3, -0.25) is 0 Å². The molecule has 2 N–H and O–H groups in total. The van der Waals surface area contributed by atoms with E-state index in [1.165, 1.54) is 12.1 Å². The molecule has 200 valence electrons. The number of fused-ring (bicyclic) bond motifs is 2. The zero-order valence-corrected chi connectivity index (χ0v) is 20.6. The van der Waals surface area contributed by atoms with Crippen LogP contribution in [0.25, 0.3) is 11.3 Å². The summed E-state index contributed by atoms with van der Waals surface area (Å²) in [7, 11) is -1.49. The second-order valence-corrected chi connectivity index (χ2v) is 10.4. The third-order valence-electron chi connectivity index (χ3n) is 7.78. The number of anilines is 1. The fourth-order valence-electron chi connectivity index (χ4n) is 5.92. The molecule has 2 saturated heterocycles. The van der Waals surface area contributed by atoms with Crippen LogP contribution in [0.2, 0.25) is 0 Å². The van der Waals surface area contributed by atoms with E-state index in [2.05, 4.69) is 14.8 Å².